The lowest BCUT2D eigenvalue weighted by Gasteiger charge is -2.32. The van der Waals surface area contributed by atoms with E-state index in [1.165, 1.54) is 0 Å². The molecule has 2 atom stereocenters. The summed E-state index contributed by atoms with van der Waals surface area (Å²) < 4.78 is 0. The fourth-order valence-electron chi connectivity index (χ4n) is 3.67. The lowest BCUT2D eigenvalue weighted by atomic mass is 9.98. The van der Waals surface area contributed by atoms with Gasteiger partial charge in [-0.15, -0.1) is 12.4 Å². The lowest BCUT2D eigenvalue weighted by Crippen LogP contribution is -2.46. The SMILES string of the molecule is Cl.O=C(CN1CCCC(CNC(=O)C2CCCN2)C1)Nc1ccc(Cl)cc1. The third-order valence-corrected chi connectivity index (χ3v) is 5.29. The van der Waals surface area contributed by atoms with E-state index in [2.05, 4.69) is 20.9 Å². The van der Waals surface area contributed by atoms with E-state index in [1.54, 1.807) is 24.3 Å². The fraction of sp³-hybridized carbons (Fsp3) is 0.579. The number of amides is 2. The number of anilines is 1. The van der Waals surface area contributed by atoms with E-state index in [-0.39, 0.29) is 30.3 Å². The first-order valence-corrected chi connectivity index (χ1v) is 9.77. The molecular formula is C19H28Cl2N4O2. The summed E-state index contributed by atoms with van der Waals surface area (Å²) in [6, 6.07) is 7.09. The molecule has 2 amide bonds. The van der Waals surface area contributed by atoms with E-state index in [4.69, 9.17) is 11.6 Å². The van der Waals surface area contributed by atoms with Crippen LogP contribution in [0.4, 0.5) is 5.69 Å². The van der Waals surface area contributed by atoms with Crippen LogP contribution in [0.1, 0.15) is 25.7 Å². The van der Waals surface area contributed by atoms with Crippen molar-refractivity contribution in [3.63, 3.8) is 0 Å². The Morgan fingerprint density at radius 2 is 1.96 bits per heavy atom. The Morgan fingerprint density at radius 1 is 1.19 bits per heavy atom. The average molecular weight is 415 g/mol. The summed E-state index contributed by atoms with van der Waals surface area (Å²) >= 11 is 5.86. The highest BCUT2D eigenvalue weighted by molar-refractivity contribution is 6.30. The first-order chi connectivity index (χ1) is 12.6. The molecule has 2 aliphatic rings. The van der Waals surface area contributed by atoms with Crippen molar-refractivity contribution in [1.29, 1.82) is 0 Å². The van der Waals surface area contributed by atoms with Gasteiger partial charge in [0.05, 0.1) is 12.6 Å². The Labute approximate surface area is 171 Å². The van der Waals surface area contributed by atoms with Crippen LogP contribution < -0.4 is 16.0 Å². The third kappa shape index (κ3) is 6.96. The van der Waals surface area contributed by atoms with Crippen LogP contribution in [-0.4, -0.2) is 55.5 Å². The molecule has 2 fully saturated rings. The Balaban J connectivity index is 0.00000261. The molecule has 3 N–H and O–H groups in total. The molecule has 0 spiro atoms. The van der Waals surface area contributed by atoms with Crippen molar-refractivity contribution in [3.8, 4) is 0 Å². The maximum atomic E-state index is 12.2. The van der Waals surface area contributed by atoms with Gasteiger partial charge in [-0.25, -0.2) is 0 Å². The van der Waals surface area contributed by atoms with E-state index in [0.29, 0.717) is 24.0 Å². The summed E-state index contributed by atoms with van der Waals surface area (Å²) in [5, 5.41) is 9.85. The zero-order valence-corrected chi connectivity index (χ0v) is 17.0. The highest BCUT2D eigenvalue weighted by Gasteiger charge is 2.25. The molecule has 0 aromatic heterocycles. The third-order valence-electron chi connectivity index (χ3n) is 5.04. The van der Waals surface area contributed by atoms with Gasteiger partial charge in [0, 0.05) is 23.8 Å². The van der Waals surface area contributed by atoms with Gasteiger partial charge in [-0.3, -0.25) is 14.5 Å². The zero-order chi connectivity index (χ0) is 18.4. The highest BCUT2D eigenvalue weighted by Crippen LogP contribution is 2.17. The molecule has 0 aliphatic carbocycles. The van der Waals surface area contributed by atoms with E-state index in [1.807, 2.05) is 0 Å². The second-order valence-electron chi connectivity index (χ2n) is 7.19. The first-order valence-electron chi connectivity index (χ1n) is 9.39. The maximum absolute atomic E-state index is 12.2. The van der Waals surface area contributed by atoms with Crippen molar-refractivity contribution in [2.24, 2.45) is 5.92 Å². The molecule has 3 rings (SSSR count). The second-order valence-corrected chi connectivity index (χ2v) is 7.63. The second kappa shape index (κ2) is 10.9. The van der Waals surface area contributed by atoms with Gasteiger partial charge in [0.2, 0.25) is 11.8 Å². The molecule has 27 heavy (non-hydrogen) atoms. The largest absolute Gasteiger partial charge is 0.354 e. The summed E-state index contributed by atoms with van der Waals surface area (Å²) in [5.74, 6) is 0.490. The summed E-state index contributed by atoms with van der Waals surface area (Å²) in [4.78, 5) is 26.5. The summed E-state index contributed by atoms with van der Waals surface area (Å²) in [5.41, 5.74) is 0.754. The number of rotatable bonds is 6. The number of benzene rings is 1. The Bertz CT molecular complexity index is 621. The fourth-order valence-corrected chi connectivity index (χ4v) is 3.80. The molecule has 0 radical (unpaired) electrons. The van der Waals surface area contributed by atoms with E-state index < -0.39 is 0 Å². The molecule has 0 saturated carbocycles. The Kier molecular flexibility index (Phi) is 8.83. The average Bonchev–Trinajstić information content (AvgIpc) is 3.17. The molecular weight excluding hydrogens is 387 g/mol. The van der Waals surface area contributed by atoms with Crippen LogP contribution in [0.25, 0.3) is 0 Å². The standard InChI is InChI=1S/C19H27ClN4O2.ClH/c20-15-5-7-16(8-6-15)23-18(25)13-24-10-2-3-14(12-24)11-22-19(26)17-4-1-9-21-17;/h5-8,14,17,21H,1-4,9-13H2,(H,22,26)(H,23,25);1H. The monoisotopic (exact) mass is 414 g/mol. The molecule has 6 nitrogen and oxygen atoms in total. The van der Waals surface area contributed by atoms with Gasteiger partial charge in [-0.2, -0.15) is 0 Å². The van der Waals surface area contributed by atoms with Crippen LogP contribution >= 0.6 is 24.0 Å². The molecule has 2 unspecified atom stereocenters. The number of hydrogen-bond acceptors (Lipinski definition) is 4. The van der Waals surface area contributed by atoms with E-state index in [9.17, 15) is 9.59 Å². The predicted octanol–water partition coefficient (Wildman–Crippen LogP) is 2.28. The van der Waals surface area contributed by atoms with Crippen LogP contribution in [0.5, 0.6) is 0 Å². The smallest absolute Gasteiger partial charge is 0.238 e. The normalized spacial score (nSPS) is 22.7. The zero-order valence-electron chi connectivity index (χ0n) is 15.4. The molecule has 8 heteroatoms. The van der Waals surface area contributed by atoms with Crippen molar-refractivity contribution in [1.82, 2.24) is 15.5 Å². The number of carbonyl (C=O) groups excluding carboxylic acids is 2. The van der Waals surface area contributed by atoms with Crippen LogP contribution in [0.3, 0.4) is 0 Å². The van der Waals surface area contributed by atoms with Gasteiger partial charge >= 0.3 is 0 Å². The highest BCUT2D eigenvalue weighted by atomic mass is 35.5. The number of carbonyl (C=O) groups is 2. The minimum absolute atomic E-state index is 0. The molecule has 150 valence electrons. The first kappa shape index (κ1) is 22.0. The number of nitrogens with zero attached hydrogens (tertiary/aromatic N) is 1. The van der Waals surface area contributed by atoms with Crippen LogP contribution in [-0.2, 0) is 9.59 Å². The minimum atomic E-state index is -0.0279. The maximum Gasteiger partial charge on any atom is 0.238 e. The number of halogens is 2. The summed E-state index contributed by atoms with van der Waals surface area (Å²) in [7, 11) is 0. The van der Waals surface area contributed by atoms with Gasteiger partial charge in [0.15, 0.2) is 0 Å². The van der Waals surface area contributed by atoms with Gasteiger partial charge < -0.3 is 16.0 Å². The number of piperidine rings is 1. The topological polar surface area (TPSA) is 73.5 Å². The van der Waals surface area contributed by atoms with Crippen molar-refractivity contribution >= 4 is 41.5 Å². The molecule has 2 saturated heterocycles. The number of nitrogens with one attached hydrogen (secondary N) is 3. The Hall–Kier alpha value is -1.34. The van der Waals surface area contributed by atoms with Crippen molar-refractivity contribution in [2.75, 3.05) is 38.0 Å². The van der Waals surface area contributed by atoms with E-state index in [0.717, 1.165) is 51.0 Å². The van der Waals surface area contributed by atoms with Crippen LogP contribution in [0.2, 0.25) is 5.02 Å². The van der Waals surface area contributed by atoms with Gasteiger partial charge in [-0.1, -0.05) is 11.6 Å². The summed E-state index contributed by atoms with van der Waals surface area (Å²) in [6.45, 7) is 3.75. The quantitative estimate of drug-likeness (QED) is 0.667. The van der Waals surface area contributed by atoms with Crippen LogP contribution in [0, 0.1) is 5.92 Å². The number of hydrogen-bond donors (Lipinski definition) is 3. The molecule has 1 aromatic rings. The molecule has 0 bridgehead atoms. The molecule has 1 aromatic carbocycles. The van der Waals surface area contributed by atoms with Crippen molar-refractivity contribution in [3.05, 3.63) is 29.3 Å². The van der Waals surface area contributed by atoms with Gasteiger partial charge in [0.1, 0.15) is 0 Å². The Morgan fingerprint density at radius 3 is 2.67 bits per heavy atom. The predicted molar refractivity (Wildman–Crippen MR) is 111 cm³/mol. The van der Waals surface area contributed by atoms with Gasteiger partial charge in [0.25, 0.3) is 0 Å². The lowest BCUT2D eigenvalue weighted by molar-refractivity contribution is -0.123. The van der Waals surface area contributed by atoms with Crippen LogP contribution in [0.15, 0.2) is 24.3 Å². The summed E-state index contributed by atoms with van der Waals surface area (Å²) in [6.07, 6.45) is 4.13. The minimum Gasteiger partial charge on any atom is -0.354 e. The van der Waals surface area contributed by atoms with Crippen molar-refractivity contribution in [2.45, 2.75) is 31.7 Å². The van der Waals surface area contributed by atoms with E-state index >= 15 is 0 Å². The molecule has 2 heterocycles. The number of likely N-dealkylation sites (tertiary alicyclic amines) is 1. The molecule has 2 aliphatic heterocycles. The van der Waals surface area contributed by atoms with Gasteiger partial charge in [-0.05, 0) is 69.0 Å². The van der Waals surface area contributed by atoms with Crippen molar-refractivity contribution < 1.29 is 9.59 Å².